The number of benzene rings is 1. The molecule has 0 bridgehead atoms. The number of allylic oxidation sites excluding steroid dienone is 3. The Morgan fingerprint density at radius 3 is 2.65 bits per heavy atom. The van der Waals surface area contributed by atoms with Crippen LogP contribution < -0.4 is 0 Å². The van der Waals surface area contributed by atoms with Gasteiger partial charge < -0.3 is 4.90 Å². The van der Waals surface area contributed by atoms with Crippen LogP contribution in [0.25, 0.3) is 0 Å². The van der Waals surface area contributed by atoms with Crippen LogP contribution in [-0.4, -0.2) is 17.3 Å². The summed E-state index contributed by atoms with van der Waals surface area (Å²) in [7, 11) is 0. The Kier molecular flexibility index (Phi) is 2.36. The second-order valence-corrected chi connectivity index (χ2v) is 4.69. The van der Waals surface area contributed by atoms with Gasteiger partial charge in [-0.05, 0) is 31.6 Å². The first-order valence-electron chi connectivity index (χ1n) is 6.01. The minimum absolute atomic E-state index is 0.275. The molecular weight excluding hydrogens is 208 g/mol. The van der Waals surface area contributed by atoms with Crippen molar-refractivity contribution in [3.8, 4) is 0 Å². The summed E-state index contributed by atoms with van der Waals surface area (Å²) in [6.07, 6.45) is 6.29. The fourth-order valence-electron chi connectivity index (χ4n) is 2.33. The van der Waals surface area contributed by atoms with Gasteiger partial charge in [0.15, 0.2) is 0 Å². The van der Waals surface area contributed by atoms with E-state index in [1.54, 1.807) is 0 Å². The number of amidine groups is 1. The van der Waals surface area contributed by atoms with Gasteiger partial charge in [0.1, 0.15) is 5.84 Å². The van der Waals surface area contributed by atoms with Gasteiger partial charge in [-0.25, -0.2) is 0 Å². The van der Waals surface area contributed by atoms with Crippen molar-refractivity contribution in [1.82, 2.24) is 4.90 Å². The fourth-order valence-corrected chi connectivity index (χ4v) is 2.33. The Morgan fingerprint density at radius 2 is 1.94 bits per heavy atom. The van der Waals surface area contributed by atoms with E-state index in [-0.39, 0.29) is 6.04 Å². The summed E-state index contributed by atoms with van der Waals surface area (Å²) in [4.78, 5) is 7.06. The number of aliphatic imine (C=N–C) groups is 1. The molecule has 1 aromatic carbocycles. The van der Waals surface area contributed by atoms with Crippen LogP contribution >= 0.6 is 0 Å². The number of hydrogen-bond donors (Lipinski definition) is 0. The van der Waals surface area contributed by atoms with E-state index in [4.69, 9.17) is 4.99 Å². The summed E-state index contributed by atoms with van der Waals surface area (Å²) in [5.41, 5.74) is 3.88. The molecule has 1 aromatic rings. The summed E-state index contributed by atoms with van der Waals surface area (Å²) >= 11 is 0. The minimum atomic E-state index is 0.275. The average Bonchev–Trinajstić information content (AvgIpc) is 2.75. The van der Waals surface area contributed by atoms with E-state index in [9.17, 15) is 0 Å². The topological polar surface area (TPSA) is 15.6 Å². The molecule has 0 saturated carbocycles. The van der Waals surface area contributed by atoms with Crippen molar-refractivity contribution in [2.24, 2.45) is 4.99 Å². The van der Waals surface area contributed by atoms with Crippen molar-refractivity contribution in [2.45, 2.75) is 19.9 Å². The lowest BCUT2D eigenvalue weighted by Crippen LogP contribution is -2.26. The van der Waals surface area contributed by atoms with E-state index in [1.165, 1.54) is 16.8 Å². The number of fused-ring (bicyclic) bond motifs is 1. The van der Waals surface area contributed by atoms with Crippen molar-refractivity contribution in [3.63, 3.8) is 0 Å². The smallest absolute Gasteiger partial charge is 0.128 e. The monoisotopic (exact) mass is 224 g/mol. The predicted octanol–water partition coefficient (Wildman–Crippen LogP) is 3.22. The zero-order chi connectivity index (χ0) is 11.8. The normalized spacial score (nSPS) is 22.2. The van der Waals surface area contributed by atoms with Crippen molar-refractivity contribution in [1.29, 1.82) is 0 Å². The third kappa shape index (κ3) is 1.80. The Hall–Kier alpha value is -1.83. The van der Waals surface area contributed by atoms with Crippen LogP contribution in [0.5, 0.6) is 0 Å². The molecule has 17 heavy (non-hydrogen) atoms. The maximum Gasteiger partial charge on any atom is 0.128 e. The summed E-state index contributed by atoms with van der Waals surface area (Å²) in [5.74, 6) is 1.09. The van der Waals surface area contributed by atoms with Crippen molar-refractivity contribution >= 4 is 5.84 Å². The molecule has 0 aliphatic carbocycles. The Bertz CT molecular complexity index is 520. The molecule has 0 amide bonds. The molecule has 86 valence electrons. The highest BCUT2D eigenvalue weighted by Crippen LogP contribution is 2.29. The molecule has 0 unspecified atom stereocenters. The lowest BCUT2D eigenvalue weighted by molar-refractivity contribution is 0.513. The molecule has 0 fully saturated rings. The van der Waals surface area contributed by atoms with Gasteiger partial charge in [0.05, 0.1) is 12.6 Å². The van der Waals surface area contributed by atoms with Crippen LogP contribution in [0.15, 0.2) is 53.2 Å². The van der Waals surface area contributed by atoms with E-state index in [1.807, 2.05) is 0 Å². The summed E-state index contributed by atoms with van der Waals surface area (Å²) < 4.78 is 0. The molecule has 3 rings (SSSR count). The van der Waals surface area contributed by atoms with Crippen LogP contribution in [-0.2, 0) is 0 Å². The molecule has 1 atom stereocenters. The van der Waals surface area contributed by atoms with Crippen LogP contribution in [0, 0.1) is 6.92 Å². The van der Waals surface area contributed by atoms with Crippen molar-refractivity contribution < 1.29 is 0 Å². The highest BCUT2D eigenvalue weighted by atomic mass is 15.3. The molecule has 0 aromatic heterocycles. The van der Waals surface area contributed by atoms with E-state index in [2.05, 4.69) is 61.2 Å². The van der Waals surface area contributed by atoms with Gasteiger partial charge in [-0.2, -0.15) is 0 Å². The number of aryl methyl sites for hydroxylation is 1. The quantitative estimate of drug-likeness (QED) is 0.715. The molecule has 0 radical (unpaired) electrons. The number of nitrogens with zero attached hydrogens (tertiary/aromatic N) is 2. The highest BCUT2D eigenvalue weighted by Gasteiger charge is 2.26. The molecule has 0 saturated heterocycles. The maximum absolute atomic E-state index is 4.78. The highest BCUT2D eigenvalue weighted by molar-refractivity contribution is 5.97. The maximum atomic E-state index is 4.78. The van der Waals surface area contributed by atoms with Crippen molar-refractivity contribution in [3.05, 3.63) is 59.3 Å². The van der Waals surface area contributed by atoms with E-state index < -0.39 is 0 Å². The molecule has 2 nitrogen and oxygen atoms in total. The van der Waals surface area contributed by atoms with E-state index in [0.717, 1.165) is 12.4 Å². The van der Waals surface area contributed by atoms with Crippen LogP contribution in [0.1, 0.15) is 24.1 Å². The number of hydrogen-bond acceptors (Lipinski definition) is 2. The molecule has 0 N–H and O–H groups in total. The fraction of sp³-hybridized carbons (Fsp3) is 0.267. The summed E-state index contributed by atoms with van der Waals surface area (Å²) in [6.45, 7) is 5.21. The molecule has 2 aliphatic rings. The molecular formula is C15H16N2. The van der Waals surface area contributed by atoms with Crippen LogP contribution in [0.4, 0.5) is 0 Å². The van der Waals surface area contributed by atoms with Gasteiger partial charge in [0.25, 0.3) is 0 Å². The minimum Gasteiger partial charge on any atom is -0.328 e. The van der Waals surface area contributed by atoms with Gasteiger partial charge >= 0.3 is 0 Å². The Balaban J connectivity index is 1.89. The van der Waals surface area contributed by atoms with E-state index >= 15 is 0 Å². The zero-order valence-electron chi connectivity index (χ0n) is 10.2. The third-order valence-electron chi connectivity index (χ3n) is 3.39. The second kappa shape index (κ2) is 3.88. The van der Waals surface area contributed by atoms with Gasteiger partial charge in [-0.15, -0.1) is 0 Å². The van der Waals surface area contributed by atoms with Gasteiger partial charge in [-0.3, -0.25) is 4.99 Å². The third-order valence-corrected chi connectivity index (χ3v) is 3.39. The lowest BCUT2D eigenvalue weighted by atomic mass is 10.1. The molecule has 2 heterocycles. The Morgan fingerprint density at radius 1 is 1.18 bits per heavy atom. The van der Waals surface area contributed by atoms with Crippen LogP contribution in [0.3, 0.4) is 0 Å². The first kappa shape index (κ1) is 10.3. The SMILES string of the molecule is CC1=CC=CC2=N[C@H](c3ccc(C)cc3)CN12. The predicted molar refractivity (Wildman–Crippen MR) is 71.0 cm³/mol. The molecule has 2 aliphatic heterocycles. The van der Waals surface area contributed by atoms with Gasteiger partial charge in [0.2, 0.25) is 0 Å². The zero-order valence-corrected chi connectivity index (χ0v) is 10.2. The van der Waals surface area contributed by atoms with Crippen LogP contribution in [0.2, 0.25) is 0 Å². The standard InChI is InChI=1S/C15H16N2/c1-11-6-8-13(9-7-11)14-10-17-12(2)4-3-5-15(17)16-14/h3-9,14H,10H2,1-2H3/t14-/m0/s1. The summed E-state index contributed by atoms with van der Waals surface area (Å²) in [5, 5.41) is 0. The first-order chi connectivity index (χ1) is 8.24. The summed E-state index contributed by atoms with van der Waals surface area (Å²) in [6, 6.07) is 8.96. The van der Waals surface area contributed by atoms with Crippen molar-refractivity contribution in [2.75, 3.05) is 6.54 Å². The largest absolute Gasteiger partial charge is 0.328 e. The average molecular weight is 224 g/mol. The molecule has 2 heteroatoms. The van der Waals surface area contributed by atoms with Gasteiger partial charge in [-0.1, -0.05) is 35.9 Å². The van der Waals surface area contributed by atoms with Gasteiger partial charge in [0, 0.05) is 5.70 Å². The number of rotatable bonds is 1. The first-order valence-corrected chi connectivity index (χ1v) is 6.01. The Labute approximate surface area is 102 Å². The molecule has 0 spiro atoms. The second-order valence-electron chi connectivity index (χ2n) is 4.69. The van der Waals surface area contributed by atoms with E-state index in [0.29, 0.717) is 0 Å². The lowest BCUT2D eigenvalue weighted by Gasteiger charge is -2.22.